The second-order valence-corrected chi connectivity index (χ2v) is 10.1. The van der Waals surface area contributed by atoms with Crippen LogP contribution in [0.15, 0.2) is 54.6 Å². The van der Waals surface area contributed by atoms with Gasteiger partial charge in [-0.25, -0.2) is 5.43 Å². The number of nitrogens with two attached hydrogens (primary N) is 2. The maximum absolute atomic E-state index is 13.2. The highest BCUT2D eigenvalue weighted by Crippen LogP contribution is 2.35. The summed E-state index contributed by atoms with van der Waals surface area (Å²) in [5, 5.41) is 13.9. The Balaban J connectivity index is 2.21. The first-order chi connectivity index (χ1) is 17.8. The van der Waals surface area contributed by atoms with E-state index in [2.05, 4.69) is 21.5 Å². The Morgan fingerprint density at radius 3 is 1.95 bits per heavy atom. The summed E-state index contributed by atoms with van der Waals surface area (Å²) in [5.74, 6) is -3.99. The van der Waals surface area contributed by atoms with Crippen LogP contribution in [0.4, 0.5) is 0 Å². The number of carbonyl (C=O) groups is 4. The van der Waals surface area contributed by atoms with E-state index in [1.54, 1.807) is 12.1 Å². The van der Waals surface area contributed by atoms with Gasteiger partial charge in [-0.05, 0) is 29.7 Å². The van der Waals surface area contributed by atoms with Crippen LogP contribution in [0.2, 0.25) is 0 Å². The Morgan fingerprint density at radius 2 is 1.39 bits per heavy atom. The number of hydrazine groups is 1. The standard InChI is InChI=1S/C23H31N6O8P/c24-20(31)11-17(21(25)32)27-23(34)19(13-38(35,36)37)28-22(33)18(10-14-6-8-16(30)9-7-14)29-26-12-15-4-2-1-3-5-15/h1-9,17-19,26,29-30H,10-13H2,(H2,24,31)(H2,25,32)(H,27,34)(H,28,33)(H2,35,36,37)/t17-,18-,19?/m0/s1. The zero-order valence-electron chi connectivity index (χ0n) is 20.2. The molecule has 4 amide bonds. The first-order valence-electron chi connectivity index (χ1n) is 11.4. The van der Waals surface area contributed by atoms with Crippen molar-refractivity contribution in [3.8, 4) is 5.75 Å². The number of hydrogen-bond acceptors (Lipinski definition) is 8. The number of amides is 4. The van der Waals surface area contributed by atoms with E-state index in [-0.39, 0.29) is 12.2 Å². The van der Waals surface area contributed by atoms with Crippen LogP contribution in [0.3, 0.4) is 0 Å². The lowest BCUT2D eigenvalue weighted by atomic mass is 10.0. The fraction of sp³-hybridized carbons (Fsp3) is 0.304. The zero-order chi connectivity index (χ0) is 28.3. The van der Waals surface area contributed by atoms with Crippen molar-refractivity contribution in [3.63, 3.8) is 0 Å². The number of primary amides is 2. The summed E-state index contributed by atoms with van der Waals surface area (Å²) in [6.07, 6.45) is -1.67. The van der Waals surface area contributed by atoms with Gasteiger partial charge in [0.15, 0.2) is 0 Å². The molecule has 1 unspecified atom stereocenters. The van der Waals surface area contributed by atoms with Gasteiger partial charge in [-0.3, -0.25) is 29.2 Å². The van der Waals surface area contributed by atoms with Crippen molar-refractivity contribution in [2.45, 2.75) is 37.5 Å². The Morgan fingerprint density at radius 1 is 0.816 bits per heavy atom. The van der Waals surface area contributed by atoms with Crippen LogP contribution >= 0.6 is 7.60 Å². The largest absolute Gasteiger partial charge is 0.508 e. The van der Waals surface area contributed by atoms with Crippen LogP contribution in [0.5, 0.6) is 5.75 Å². The van der Waals surface area contributed by atoms with Crippen molar-refractivity contribution in [2.75, 3.05) is 6.16 Å². The lowest BCUT2D eigenvalue weighted by Gasteiger charge is -2.25. The topological polar surface area (TPSA) is 246 Å². The quantitative estimate of drug-likeness (QED) is 0.0881. The van der Waals surface area contributed by atoms with E-state index in [1.807, 2.05) is 30.3 Å². The Bertz CT molecular complexity index is 1160. The minimum atomic E-state index is -4.84. The Hall–Kier alpha value is -3.81. The van der Waals surface area contributed by atoms with E-state index in [0.717, 1.165) is 5.56 Å². The summed E-state index contributed by atoms with van der Waals surface area (Å²) in [7, 11) is -4.84. The minimum absolute atomic E-state index is 0.0169. The van der Waals surface area contributed by atoms with Crippen molar-refractivity contribution in [3.05, 3.63) is 65.7 Å². The number of carbonyl (C=O) groups excluding carboxylic acids is 4. The molecule has 0 aliphatic rings. The summed E-state index contributed by atoms with van der Waals surface area (Å²) >= 11 is 0. The van der Waals surface area contributed by atoms with Gasteiger partial charge in [0.1, 0.15) is 23.9 Å². The number of phenols is 1. The number of benzene rings is 2. The van der Waals surface area contributed by atoms with Gasteiger partial charge < -0.3 is 37.0 Å². The molecule has 15 heteroatoms. The molecule has 11 N–H and O–H groups in total. The number of rotatable bonds is 15. The first kappa shape index (κ1) is 30.4. The molecule has 2 aromatic rings. The molecule has 0 heterocycles. The van der Waals surface area contributed by atoms with Gasteiger partial charge in [0.25, 0.3) is 0 Å². The highest BCUT2D eigenvalue weighted by atomic mass is 31.2. The van der Waals surface area contributed by atoms with E-state index >= 15 is 0 Å². The molecule has 0 bridgehead atoms. The normalized spacial score (nSPS) is 13.6. The SMILES string of the molecule is NC(=O)C[C@H](NC(=O)C(CP(=O)(O)O)NC(=O)[C@H](Cc1ccc(O)cc1)NNCc1ccccc1)C(N)=O. The van der Waals surface area contributed by atoms with Crippen LogP contribution < -0.4 is 33.0 Å². The predicted molar refractivity (Wildman–Crippen MR) is 136 cm³/mol. The molecule has 0 saturated carbocycles. The summed E-state index contributed by atoms with van der Waals surface area (Å²) in [6.45, 7) is 0.319. The molecule has 206 valence electrons. The lowest BCUT2D eigenvalue weighted by molar-refractivity contribution is -0.132. The molecule has 0 saturated heterocycles. The van der Waals surface area contributed by atoms with Gasteiger partial charge >= 0.3 is 7.60 Å². The molecule has 0 aliphatic heterocycles. The monoisotopic (exact) mass is 550 g/mol. The van der Waals surface area contributed by atoms with E-state index in [4.69, 9.17) is 11.5 Å². The molecule has 0 radical (unpaired) electrons. The summed E-state index contributed by atoms with van der Waals surface area (Å²) in [5.41, 5.74) is 17.5. The van der Waals surface area contributed by atoms with Gasteiger partial charge in [0, 0.05) is 6.54 Å². The Kier molecular flexibility index (Phi) is 11.4. The van der Waals surface area contributed by atoms with Gasteiger partial charge in [0.2, 0.25) is 23.6 Å². The fourth-order valence-corrected chi connectivity index (χ4v) is 4.08. The van der Waals surface area contributed by atoms with Crippen molar-refractivity contribution < 1.29 is 38.6 Å². The molecule has 0 spiro atoms. The number of phenolic OH excluding ortho intramolecular Hbond substituents is 1. The molecule has 3 atom stereocenters. The number of aromatic hydroxyl groups is 1. The molecule has 0 aromatic heterocycles. The summed E-state index contributed by atoms with van der Waals surface area (Å²) in [6, 6.07) is 10.8. The molecule has 38 heavy (non-hydrogen) atoms. The van der Waals surface area contributed by atoms with E-state index in [1.165, 1.54) is 12.1 Å². The van der Waals surface area contributed by atoms with Gasteiger partial charge in [-0.2, -0.15) is 0 Å². The molecular weight excluding hydrogens is 519 g/mol. The average molecular weight is 551 g/mol. The van der Waals surface area contributed by atoms with Gasteiger partial charge in [-0.1, -0.05) is 42.5 Å². The van der Waals surface area contributed by atoms with Crippen LogP contribution in [-0.4, -0.2) is 62.8 Å². The highest BCUT2D eigenvalue weighted by molar-refractivity contribution is 7.51. The fourth-order valence-electron chi connectivity index (χ4n) is 3.35. The minimum Gasteiger partial charge on any atom is -0.508 e. The number of nitrogens with one attached hydrogen (secondary N) is 4. The molecule has 14 nitrogen and oxygen atoms in total. The molecular formula is C23H31N6O8P. The van der Waals surface area contributed by atoms with Crippen molar-refractivity contribution in [1.29, 1.82) is 0 Å². The zero-order valence-corrected chi connectivity index (χ0v) is 21.1. The van der Waals surface area contributed by atoms with Crippen molar-refractivity contribution in [2.24, 2.45) is 11.5 Å². The maximum Gasteiger partial charge on any atom is 0.328 e. The third-order valence-corrected chi connectivity index (χ3v) is 6.06. The van der Waals surface area contributed by atoms with Crippen LogP contribution in [0.1, 0.15) is 17.5 Å². The third kappa shape index (κ3) is 11.1. The third-order valence-electron chi connectivity index (χ3n) is 5.22. The van der Waals surface area contributed by atoms with Crippen molar-refractivity contribution >= 4 is 31.2 Å². The van der Waals surface area contributed by atoms with Crippen LogP contribution in [0.25, 0.3) is 0 Å². The molecule has 0 fully saturated rings. The summed E-state index contributed by atoms with van der Waals surface area (Å²) < 4.78 is 11.7. The van der Waals surface area contributed by atoms with E-state index in [0.29, 0.717) is 12.1 Å². The molecule has 0 aliphatic carbocycles. The number of hydrogen-bond donors (Lipinski definition) is 9. The van der Waals surface area contributed by atoms with E-state index in [9.17, 15) is 38.6 Å². The van der Waals surface area contributed by atoms with Crippen molar-refractivity contribution in [1.82, 2.24) is 21.5 Å². The van der Waals surface area contributed by atoms with Crippen LogP contribution in [0, 0.1) is 0 Å². The predicted octanol–water partition coefficient (Wildman–Crippen LogP) is -1.89. The smallest absolute Gasteiger partial charge is 0.328 e. The van der Waals surface area contributed by atoms with Gasteiger partial charge in [0.05, 0.1) is 12.6 Å². The second-order valence-electron chi connectivity index (χ2n) is 8.45. The lowest BCUT2D eigenvalue weighted by Crippen LogP contribution is -2.58. The maximum atomic E-state index is 13.2. The first-order valence-corrected chi connectivity index (χ1v) is 13.2. The van der Waals surface area contributed by atoms with Crippen LogP contribution in [-0.2, 0) is 36.7 Å². The average Bonchev–Trinajstić information content (AvgIpc) is 2.83. The highest BCUT2D eigenvalue weighted by Gasteiger charge is 2.33. The van der Waals surface area contributed by atoms with Gasteiger partial charge in [-0.15, -0.1) is 0 Å². The Labute approximate surface area is 218 Å². The molecule has 2 aromatic carbocycles. The second kappa shape index (κ2) is 14.2. The molecule has 2 rings (SSSR count). The summed E-state index contributed by atoms with van der Waals surface area (Å²) in [4.78, 5) is 67.7. The van der Waals surface area contributed by atoms with E-state index < -0.39 is 61.9 Å².